The average molecular weight is 268 g/mol. The fourth-order valence-electron chi connectivity index (χ4n) is 1.79. The third-order valence-electron chi connectivity index (χ3n) is 2.83. The fourth-order valence-corrected chi connectivity index (χ4v) is 1.79. The van der Waals surface area contributed by atoms with Gasteiger partial charge in [-0.1, -0.05) is 17.2 Å². The topological polar surface area (TPSA) is 61.2 Å². The molecule has 0 fully saturated rings. The van der Waals surface area contributed by atoms with Gasteiger partial charge in [-0.3, -0.25) is 0 Å². The predicted molar refractivity (Wildman–Crippen MR) is 80.8 cm³/mol. The van der Waals surface area contributed by atoms with Gasteiger partial charge in [0, 0.05) is 30.8 Å². The van der Waals surface area contributed by atoms with Crippen LogP contribution in [0.2, 0.25) is 0 Å². The summed E-state index contributed by atoms with van der Waals surface area (Å²) >= 11 is 0. The van der Waals surface area contributed by atoms with Crippen molar-refractivity contribution in [1.29, 1.82) is 0 Å². The summed E-state index contributed by atoms with van der Waals surface area (Å²) < 4.78 is 5.84. The van der Waals surface area contributed by atoms with Crippen molar-refractivity contribution < 1.29 is 4.74 Å². The highest BCUT2D eigenvalue weighted by atomic mass is 16.5. The maximum Gasteiger partial charge on any atom is 0.137 e. The summed E-state index contributed by atoms with van der Waals surface area (Å²) in [5, 5.41) is 3.65. The first-order valence-corrected chi connectivity index (χ1v) is 6.21. The lowest BCUT2D eigenvalue weighted by atomic mass is 10.2. The molecule has 0 spiro atoms. The number of hydrogen-bond donors (Lipinski definition) is 0. The molecule has 0 aromatic heterocycles. The monoisotopic (exact) mass is 268 g/mol. The van der Waals surface area contributed by atoms with Crippen molar-refractivity contribution in [3.05, 3.63) is 58.5 Å². The van der Waals surface area contributed by atoms with Crippen molar-refractivity contribution in [2.45, 2.75) is 6.92 Å². The molecular formula is C15H16N4O. The van der Waals surface area contributed by atoms with E-state index in [-0.39, 0.29) is 0 Å². The van der Waals surface area contributed by atoms with Crippen LogP contribution in [0.4, 0.5) is 11.4 Å². The van der Waals surface area contributed by atoms with Crippen LogP contribution < -0.4 is 9.64 Å². The highest BCUT2D eigenvalue weighted by Gasteiger charge is 2.05. The van der Waals surface area contributed by atoms with Gasteiger partial charge in [-0.25, -0.2) is 0 Å². The Kier molecular flexibility index (Phi) is 4.13. The number of hydrogen-bond acceptors (Lipinski definition) is 3. The second-order valence-corrected chi connectivity index (χ2v) is 4.65. The number of benzene rings is 2. The maximum atomic E-state index is 8.59. The van der Waals surface area contributed by atoms with E-state index in [1.54, 1.807) is 6.07 Å². The third-order valence-corrected chi connectivity index (χ3v) is 2.83. The number of nitrogens with zero attached hydrogens (tertiary/aromatic N) is 4. The van der Waals surface area contributed by atoms with Gasteiger partial charge in [0.25, 0.3) is 0 Å². The Labute approximate surface area is 118 Å². The Hall–Kier alpha value is -2.65. The Balaban J connectivity index is 2.36. The molecule has 5 heteroatoms. The zero-order valence-corrected chi connectivity index (χ0v) is 11.7. The zero-order valence-electron chi connectivity index (χ0n) is 11.7. The van der Waals surface area contributed by atoms with Crippen LogP contribution in [0.25, 0.3) is 10.4 Å². The number of anilines is 1. The molecule has 2 aromatic carbocycles. The molecule has 0 saturated heterocycles. The molecule has 102 valence electrons. The largest absolute Gasteiger partial charge is 0.457 e. The molecule has 0 aliphatic heterocycles. The Morgan fingerprint density at radius 2 is 1.95 bits per heavy atom. The molecule has 2 rings (SSSR count). The summed E-state index contributed by atoms with van der Waals surface area (Å²) in [5.41, 5.74) is 11.2. The summed E-state index contributed by atoms with van der Waals surface area (Å²) in [5.74, 6) is 1.26. The second kappa shape index (κ2) is 5.99. The first-order valence-electron chi connectivity index (χ1n) is 6.21. The molecule has 0 aliphatic rings. The molecule has 0 amide bonds. The second-order valence-electron chi connectivity index (χ2n) is 4.65. The van der Waals surface area contributed by atoms with Gasteiger partial charge in [0.1, 0.15) is 11.5 Å². The minimum absolute atomic E-state index is 0.480. The maximum absolute atomic E-state index is 8.59. The lowest BCUT2D eigenvalue weighted by Crippen LogP contribution is -2.08. The quantitative estimate of drug-likeness (QED) is 0.454. The van der Waals surface area contributed by atoms with E-state index >= 15 is 0 Å². The van der Waals surface area contributed by atoms with E-state index in [0.717, 1.165) is 11.3 Å². The summed E-state index contributed by atoms with van der Waals surface area (Å²) in [7, 11) is 3.94. The van der Waals surface area contributed by atoms with Crippen molar-refractivity contribution in [2.75, 3.05) is 19.0 Å². The van der Waals surface area contributed by atoms with Crippen LogP contribution in [0.3, 0.4) is 0 Å². The van der Waals surface area contributed by atoms with Crippen LogP contribution in [-0.2, 0) is 0 Å². The molecular weight excluding hydrogens is 252 g/mol. The van der Waals surface area contributed by atoms with E-state index in [0.29, 0.717) is 17.2 Å². The van der Waals surface area contributed by atoms with Crippen molar-refractivity contribution in [3.63, 3.8) is 0 Å². The van der Waals surface area contributed by atoms with Gasteiger partial charge >= 0.3 is 0 Å². The summed E-state index contributed by atoms with van der Waals surface area (Å²) in [6.07, 6.45) is 0. The van der Waals surface area contributed by atoms with E-state index in [2.05, 4.69) is 10.0 Å². The normalized spacial score (nSPS) is 9.75. The minimum Gasteiger partial charge on any atom is -0.457 e. The summed E-state index contributed by atoms with van der Waals surface area (Å²) in [4.78, 5) is 4.82. The number of azide groups is 1. The first-order chi connectivity index (χ1) is 9.60. The third kappa shape index (κ3) is 3.22. The summed E-state index contributed by atoms with van der Waals surface area (Å²) in [6, 6.07) is 13.2. The average Bonchev–Trinajstić information content (AvgIpc) is 2.42. The van der Waals surface area contributed by atoms with Crippen LogP contribution in [0.5, 0.6) is 11.5 Å². The molecule has 0 aliphatic carbocycles. The van der Waals surface area contributed by atoms with Crippen LogP contribution in [-0.4, -0.2) is 14.1 Å². The molecule has 0 atom stereocenters. The van der Waals surface area contributed by atoms with E-state index in [1.165, 1.54) is 0 Å². The smallest absolute Gasteiger partial charge is 0.137 e. The fraction of sp³-hybridized carbons (Fsp3) is 0.200. The van der Waals surface area contributed by atoms with Gasteiger partial charge in [-0.15, -0.1) is 0 Å². The van der Waals surface area contributed by atoms with Gasteiger partial charge in [0.2, 0.25) is 0 Å². The van der Waals surface area contributed by atoms with E-state index in [9.17, 15) is 0 Å². The predicted octanol–water partition coefficient (Wildman–Crippen LogP) is 4.80. The van der Waals surface area contributed by atoms with Crippen LogP contribution in [0.15, 0.2) is 47.6 Å². The molecule has 2 aromatic rings. The highest BCUT2D eigenvalue weighted by Crippen LogP contribution is 2.33. The number of rotatable bonds is 4. The molecule has 0 saturated carbocycles. The highest BCUT2D eigenvalue weighted by molar-refractivity contribution is 5.56. The van der Waals surface area contributed by atoms with Crippen molar-refractivity contribution in [3.8, 4) is 11.5 Å². The van der Waals surface area contributed by atoms with Gasteiger partial charge in [0.05, 0.1) is 5.69 Å². The lowest BCUT2D eigenvalue weighted by Gasteiger charge is -2.14. The Morgan fingerprint density at radius 1 is 1.15 bits per heavy atom. The van der Waals surface area contributed by atoms with Crippen molar-refractivity contribution >= 4 is 11.4 Å². The number of ether oxygens (including phenoxy) is 1. The lowest BCUT2D eigenvalue weighted by molar-refractivity contribution is 0.483. The Bertz CT molecular complexity index is 661. The zero-order chi connectivity index (χ0) is 14.5. The minimum atomic E-state index is 0.480. The van der Waals surface area contributed by atoms with Crippen molar-refractivity contribution in [2.24, 2.45) is 5.11 Å². The standard InChI is InChI=1S/C15H16N4O/c1-11-7-8-14(17-18-16)15(9-11)20-13-6-4-5-12(10-13)19(2)3/h4-10H,1-3H3. The van der Waals surface area contributed by atoms with Crippen molar-refractivity contribution in [1.82, 2.24) is 0 Å². The molecule has 0 unspecified atom stereocenters. The Morgan fingerprint density at radius 3 is 2.65 bits per heavy atom. The molecule has 0 heterocycles. The van der Waals surface area contributed by atoms with Gasteiger partial charge in [-0.05, 0) is 42.3 Å². The van der Waals surface area contributed by atoms with Gasteiger partial charge in [0.15, 0.2) is 0 Å². The van der Waals surface area contributed by atoms with E-state index in [1.807, 2.05) is 62.3 Å². The first kappa shape index (κ1) is 13.8. The molecule has 0 radical (unpaired) electrons. The van der Waals surface area contributed by atoms with Gasteiger partial charge < -0.3 is 9.64 Å². The van der Waals surface area contributed by atoms with Crippen LogP contribution in [0.1, 0.15) is 5.56 Å². The number of aryl methyl sites for hydroxylation is 1. The molecule has 20 heavy (non-hydrogen) atoms. The van der Waals surface area contributed by atoms with E-state index < -0.39 is 0 Å². The SMILES string of the molecule is Cc1ccc(N=[N+]=[N-])c(Oc2cccc(N(C)C)c2)c1. The van der Waals surface area contributed by atoms with E-state index in [4.69, 9.17) is 10.3 Å². The molecule has 0 bridgehead atoms. The molecule has 0 N–H and O–H groups in total. The van der Waals surface area contributed by atoms with Gasteiger partial charge in [-0.2, -0.15) is 0 Å². The van der Waals surface area contributed by atoms with Crippen LogP contribution in [0, 0.1) is 6.92 Å². The summed E-state index contributed by atoms with van der Waals surface area (Å²) in [6.45, 7) is 1.96. The molecule has 5 nitrogen and oxygen atoms in total. The van der Waals surface area contributed by atoms with Crippen LogP contribution >= 0.6 is 0 Å².